The summed E-state index contributed by atoms with van der Waals surface area (Å²) in [4.78, 5) is 22.9. The molecule has 0 radical (unpaired) electrons. The zero-order valence-corrected chi connectivity index (χ0v) is 12.8. The summed E-state index contributed by atoms with van der Waals surface area (Å²) in [6, 6.07) is 6.66. The number of ether oxygens (including phenoxy) is 2. The molecule has 0 aliphatic carbocycles. The second-order valence-electron chi connectivity index (χ2n) is 5.56. The normalized spacial score (nSPS) is 12.6. The molecular weight excluding hydrogens is 272 g/mol. The fraction of sp³-hybridized carbons (Fsp3) is 0.467. The summed E-state index contributed by atoms with van der Waals surface area (Å²) in [5.41, 5.74) is 6.61. The smallest absolute Gasteiger partial charge is 0.337 e. The minimum atomic E-state index is -0.524. The van der Waals surface area contributed by atoms with Gasteiger partial charge in [0.15, 0.2) is 0 Å². The van der Waals surface area contributed by atoms with E-state index in [1.807, 2.05) is 0 Å². The molecule has 0 saturated carbocycles. The monoisotopic (exact) mass is 294 g/mol. The quantitative estimate of drug-likeness (QED) is 0.629. The first-order valence-electron chi connectivity index (χ1n) is 6.62. The molecule has 0 bridgehead atoms. The Morgan fingerprint density at radius 2 is 1.81 bits per heavy atom. The summed E-state index contributed by atoms with van der Waals surface area (Å²) >= 11 is 0. The maximum absolute atomic E-state index is 11.6. The van der Waals surface area contributed by atoms with E-state index < -0.39 is 17.7 Å². The maximum Gasteiger partial charge on any atom is 0.337 e. The molecule has 0 aliphatic heterocycles. The third kappa shape index (κ3) is 5.93. The average Bonchev–Trinajstić information content (AvgIpc) is 2.42. The van der Waals surface area contributed by atoms with Crippen LogP contribution in [0.2, 0.25) is 0 Å². The fourth-order valence-electron chi connectivity index (χ4n) is 1.63. The first-order chi connectivity index (χ1) is 9.73. The van der Waals surface area contributed by atoms with Gasteiger partial charge in [-0.15, -0.1) is 0 Å². The second kappa shape index (κ2) is 7.19. The Hall–Kier alpha value is -1.92. The summed E-state index contributed by atoms with van der Waals surface area (Å²) in [5.74, 6) is -0.777. The van der Waals surface area contributed by atoms with E-state index in [0.717, 1.165) is 5.56 Å². The lowest BCUT2D eigenvalue weighted by Crippen LogP contribution is -2.36. The van der Waals surface area contributed by atoms with Crippen LogP contribution in [0.1, 0.15) is 42.9 Å². The van der Waals surface area contributed by atoms with Crippen LogP contribution in [0.25, 0.3) is 0 Å². The number of carbonyl (C=O) groups excluding carboxylic acids is 2. The van der Waals surface area contributed by atoms with E-state index >= 15 is 0 Å². The predicted molar refractivity (Wildman–Crippen MR) is 78.6 cm³/mol. The molecule has 0 heterocycles. The first kappa shape index (κ1) is 17.1. The van der Waals surface area contributed by atoms with Crippen LogP contribution in [-0.4, -0.2) is 31.2 Å². The van der Waals surface area contributed by atoms with Gasteiger partial charge in [-0.1, -0.05) is 12.1 Å². The Labute approximate surface area is 124 Å². The molecule has 1 atom stereocenters. The molecule has 3 N–H and O–H groups in total. The number of hydrogen-bond donors (Lipinski definition) is 2. The summed E-state index contributed by atoms with van der Waals surface area (Å²) in [6.07, 6.45) is -0.524. The Balaban J connectivity index is 2.54. The third-order valence-corrected chi connectivity index (χ3v) is 2.58. The zero-order valence-electron chi connectivity index (χ0n) is 12.8. The number of esters is 2. The highest BCUT2D eigenvalue weighted by Gasteiger charge is 2.17. The minimum absolute atomic E-state index is 0.0111. The number of nitrogens with two attached hydrogens (primary N) is 1. The molecule has 1 aromatic rings. The van der Waals surface area contributed by atoms with Gasteiger partial charge in [-0.3, -0.25) is 10.1 Å². The predicted octanol–water partition coefficient (Wildman–Crippen LogP) is 1.36. The van der Waals surface area contributed by atoms with E-state index in [1.54, 1.807) is 45.0 Å². The summed E-state index contributed by atoms with van der Waals surface area (Å²) < 4.78 is 9.79. The van der Waals surface area contributed by atoms with Crippen molar-refractivity contribution in [2.75, 3.05) is 13.7 Å². The number of carbonyl (C=O) groups is 2. The van der Waals surface area contributed by atoms with E-state index in [0.29, 0.717) is 5.56 Å². The zero-order chi connectivity index (χ0) is 16.0. The van der Waals surface area contributed by atoms with Crippen LogP contribution in [0.15, 0.2) is 24.3 Å². The van der Waals surface area contributed by atoms with Gasteiger partial charge < -0.3 is 15.2 Å². The molecule has 1 unspecified atom stereocenters. The lowest BCUT2D eigenvalue weighted by molar-refractivity contribution is -0.153. The van der Waals surface area contributed by atoms with Gasteiger partial charge in [0.2, 0.25) is 0 Å². The van der Waals surface area contributed by atoms with Gasteiger partial charge in [-0.2, -0.15) is 0 Å². The van der Waals surface area contributed by atoms with Crippen molar-refractivity contribution >= 4 is 11.9 Å². The molecule has 6 nitrogen and oxygen atoms in total. The summed E-state index contributed by atoms with van der Waals surface area (Å²) in [6.45, 7) is 5.42. The van der Waals surface area contributed by atoms with Gasteiger partial charge in [0, 0.05) is 0 Å². The van der Waals surface area contributed by atoms with Crippen molar-refractivity contribution in [1.29, 1.82) is 0 Å². The molecule has 0 spiro atoms. The van der Waals surface area contributed by atoms with E-state index in [-0.39, 0.29) is 12.5 Å². The van der Waals surface area contributed by atoms with Crippen molar-refractivity contribution in [3.63, 3.8) is 0 Å². The number of benzene rings is 1. The molecule has 0 aromatic heterocycles. The van der Waals surface area contributed by atoms with Gasteiger partial charge in [-0.05, 0) is 38.5 Å². The van der Waals surface area contributed by atoms with Crippen LogP contribution < -0.4 is 11.1 Å². The van der Waals surface area contributed by atoms with Crippen LogP contribution in [-0.2, 0) is 14.3 Å². The molecule has 0 aliphatic rings. The van der Waals surface area contributed by atoms with Gasteiger partial charge in [0.1, 0.15) is 5.60 Å². The van der Waals surface area contributed by atoms with E-state index in [9.17, 15) is 9.59 Å². The molecule has 0 fully saturated rings. The largest absolute Gasteiger partial charge is 0.465 e. The molecule has 6 heteroatoms. The summed E-state index contributed by atoms with van der Waals surface area (Å²) in [5, 5.41) is 2.87. The van der Waals surface area contributed by atoms with Crippen LogP contribution in [0.4, 0.5) is 0 Å². The maximum atomic E-state index is 11.6. The number of methoxy groups -OCH3 is 1. The van der Waals surface area contributed by atoms with Gasteiger partial charge >= 0.3 is 11.9 Å². The number of rotatable bonds is 5. The lowest BCUT2D eigenvalue weighted by atomic mass is 10.1. The van der Waals surface area contributed by atoms with Crippen molar-refractivity contribution < 1.29 is 19.1 Å². The number of hydrogen-bond acceptors (Lipinski definition) is 6. The van der Waals surface area contributed by atoms with Crippen LogP contribution in [0.5, 0.6) is 0 Å². The van der Waals surface area contributed by atoms with Crippen molar-refractivity contribution in [1.82, 2.24) is 5.32 Å². The Bertz CT molecular complexity index is 491. The van der Waals surface area contributed by atoms with Crippen molar-refractivity contribution in [3.05, 3.63) is 35.4 Å². The highest BCUT2D eigenvalue weighted by Crippen LogP contribution is 2.11. The molecule has 1 rings (SSSR count). The van der Waals surface area contributed by atoms with Gasteiger partial charge in [-0.25, -0.2) is 4.79 Å². The third-order valence-electron chi connectivity index (χ3n) is 2.58. The minimum Gasteiger partial charge on any atom is -0.465 e. The van der Waals surface area contributed by atoms with Crippen LogP contribution >= 0.6 is 0 Å². The lowest BCUT2D eigenvalue weighted by Gasteiger charge is -2.21. The standard InChI is InChI=1S/C15H22N2O4/c1-15(2,3)21-12(18)9-17-13(16)10-5-7-11(8-6-10)14(19)20-4/h5-8,13,17H,9,16H2,1-4H3. The Morgan fingerprint density at radius 1 is 1.24 bits per heavy atom. The van der Waals surface area contributed by atoms with Crippen molar-refractivity contribution in [2.45, 2.75) is 32.5 Å². The first-order valence-corrected chi connectivity index (χ1v) is 6.62. The SMILES string of the molecule is COC(=O)c1ccc(C(N)NCC(=O)OC(C)(C)C)cc1. The van der Waals surface area contributed by atoms with Gasteiger partial charge in [0.25, 0.3) is 0 Å². The van der Waals surface area contributed by atoms with Crippen molar-refractivity contribution in [2.24, 2.45) is 5.73 Å². The van der Waals surface area contributed by atoms with E-state index in [4.69, 9.17) is 10.5 Å². The molecule has 116 valence electrons. The van der Waals surface area contributed by atoms with E-state index in [1.165, 1.54) is 7.11 Å². The Morgan fingerprint density at radius 3 is 2.29 bits per heavy atom. The fourth-order valence-corrected chi connectivity index (χ4v) is 1.63. The average molecular weight is 294 g/mol. The topological polar surface area (TPSA) is 90.6 Å². The molecular formula is C15H22N2O4. The van der Waals surface area contributed by atoms with Crippen molar-refractivity contribution in [3.8, 4) is 0 Å². The number of nitrogens with one attached hydrogen (secondary N) is 1. The Kier molecular flexibility index (Phi) is 5.87. The van der Waals surface area contributed by atoms with E-state index in [2.05, 4.69) is 10.1 Å². The highest BCUT2D eigenvalue weighted by molar-refractivity contribution is 5.89. The molecule has 0 amide bonds. The molecule has 0 saturated heterocycles. The highest BCUT2D eigenvalue weighted by atomic mass is 16.6. The molecule has 21 heavy (non-hydrogen) atoms. The van der Waals surface area contributed by atoms with Crippen LogP contribution in [0.3, 0.4) is 0 Å². The second-order valence-corrected chi connectivity index (χ2v) is 5.56. The van der Waals surface area contributed by atoms with Gasteiger partial charge in [0.05, 0.1) is 25.4 Å². The summed E-state index contributed by atoms with van der Waals surface area (Å²) in [7, 11) is 1.32. The molecule has 1 aromatic carbocycles. The van der Waals surface area contributed by atoms with Crippen LogP contribution in [0, 0.1) is 0 Å².